The van der Waals surface area contributed by atoms with Crippen molar-refractivity contribution in [2.75, 3.05) is 25.4 Å². The normalized spacial score (nSPS) is 15.4. The number of likely N-dealkylation sites (tertiary alicyclic amines) is 1. The molecule has 6 nitrogen and oxygen atoms in total. The van der Waals surface area contributed by atoms with Crippen molar-refractivity contribution in [3.63, 3.8) is 0 Å². The molecule has 1 fully saturated rings. The maximum absolute atomic E-state index is 12.4. The molecule has 0 radical (unpaired) electrons. The maximum atomic E-state index is 12.4. The van der Waals surface area contributed by atoms with Crippen LogP contribution >= 0.6 is 0 Å². The van der Waals surface area contributed by atoms with Crippen LogP contribution in [0.5, 0.6) is 0 Å². The number of nitrogens with zero attached hydrogens (tertiary/aromatic N) is 1. The van der Waals surface area contributed by atoms with E-state index in [4.69, 9.17) is 5.73 Å². The first-order valence-corrected chi connectivity index (χ1v) is 8.44. The molecular weight excluding hydrogens is 290 g/mol. The van der Waals surface area contributed by atoms with Gasteiger partial charge in [-0.2, -0.15) is 0 Å². The number of rotatable bonds is 4. The smallest absolute Gasteiger partial charge is 0.241 e. The molecule has 0 aliphatic carbocycles. The van der Waals surface area contributed by atoms with E-state index in [9.17, 15) is 13.2 Å². The van der Waals surface area contributed by atoms with E-state index in [1.807, 2.05) is 0 Å². The quantitative estimate of drug-likeness (QED) is 0.804. The maximum Gasteiger partial charge on any atom is 0.241 e. The summed E-state index contributed by atoms with van der Waals surface area (Å²) in [4.78, 5) is 13.8. The molecule has 0 unspecified atom stereocenters. The molecule has 1 amide bonds. The third-order valence-corrected chi connectivity index (χ3v) is 5.33. The van der Waals surface area contributed by atoms with Crippen LogP contribution in [0.15, 0.2) is 17.0 Å². The highest BCUT2D eigenvalue weighted by atomic mass is 32.2. The number of hydrogen-bond donors (Lipinski definition) is 2. The van der Waals surface area contributed by atoms with Gasteiger partial charge < -0.3 is 10.6 Å². The number of benzene rings is 1. The molecule has 3 N–H and O–H groups in total. The molecular formula is C14H21N3O3S. The summed E-state index contributed by atoms with van der Waals surface area (Å²) < 4.78 is 27.2. The van der Waals surface area contributed by atoms with Crippen LogP contribution < -0.4 is 10.5 Å². The highest BCUT2D eigenvalue weighted by molar-refractivity contribution is 7.89. The summed E-state index contributed by atoms with van der Waals surface area (Å²) in [6.45, 7) is 4.60. The Balaban J connectivity index is 2.13. The number of nitrogen functional groups attached to an aromatic ring is 1. The first-order chi connectivity index (χ1) is 9.81. The van der Waals surface area contributed by atoms with Crippen molar-refractivity contribution in [2.24, 2.45) is 0 Å². The topological polar surface area (TPSA) is 92.5 Å². The van der Waals surface area contributed by atoms with Crippen LogP contribution in [-0.2, 0) is 14.8 Å². The number of anilines is 1. The average molecular weight is 311 g/mol. The Hall–Kier alpha value is -1.60. The lowest BCUT2D eigenvalue weighted by Crippen LogP contribution is -2.39. The number of sulfonamides is 1. The lowest BCUT2D eigenvalue weighted by Gasteiger charge is -2.17. The summed E-state index contributed by atoms with van der Waals surface area (Å²) in [5.74, 6) is -0.179. The van der Waals surface area contributed by atoms with Gasteiger partial charge in [-0.1, -0.05) is 0 Å². The minimum absolute atomic E-state index is 0.179. The number of nitrogens with two attached hydrogens (primary N) is 1. The Kier molecular flexibility index (Phi) is 4.53. The molecule has 1 aliphatic heterocycles. The van der Waals surface area contributed by atoms with E-state index in [0.29, 0.717) is 29.9 Å². The number of carbonyl (C=O) groups excluding carboxylic acids is 1. The van der Waals surface area contributed by atoms with Crippen LogP contribution in [0.3, 0.4) is 0 Å². The van der Waals surface area contributed by atoms with Gasteiger partial charge in [0.15, 0.2) is 0 Å². The predicted molar refractivity (Wildman–Crippen MR) is 81.3 cm³/mol. The van der Waals surface area contributed by atoms with Crippen molar-refractivity contribution in [1.29, 1.82) is 0 Å². The van der Waals surface area contributed by atoms with Crippen LogP contribution in [0.1, 0.15) is 24.0 Å². The molecule has 2 rings (SSSR count). The molecule has 0 atom stereocenters. The fraction of sp³-hybridized carbons (Fsp3) is 0.500. The van der Waals surface area contributed by atoms with E-state index in [-0.39, 0.29) is 17.3 Å². The van der Waals surface area contributed by atoms with Crippen molar-refractivity contribution in [2.45, 2.75) is 31.6 Å². The predicted octanol–water partition coefficient (Wildman–Crippen LogP) is 0.786. The Morgan fingerprint density at radius 2 is 1.76 bits per heavy atom. The van der Waals surface area contributed by atoms with Crippen LogP contribution in [0.2, 0.25) is 0 Å². The Morgan fingerprint density at radius 3 is 2.29 bits per heavy atom. The van der Waals surface area contributed by atoms with Crippen LogP contribution in [-0.4, -0.2) is 38.9 Å². The van der Waals surface area contributed by atoms with E-state index in [0.717, 1.165) is 12.8 Å². The SMILES string of the molecule is Cc1cc(N)cc(C)c1S(=O)(=O)NCC(=O)N1CCCC1. The average Bonchev–Trinajstić information content (AvgIpc) is 2.88. The Morgan fingerprint density at radius 1 is 1.24 bits per heavy atom. The van der Waals surface area contributed by atoms with Gasteiger partial charge >= 0.3 is 0 Å². The van der Waals surface area contributed by atoms with Crippen molar-refractivity contribution in [3.8, 4) is 0 Å². The second-order valence-corrected chi connectivity index (χ2v) is 7.10. The molecule has 0 spiro atoms. The van der Waals surface area contributed by atoms with E-state index in [1.165, 1.54) is 0 Å². The molecule has 1 aromatic carbocycles. The first-order valence-electron chi connectivity index (χ1n) is 6.95. The van der Waals surface area contributed by atoms with Crippen molar-refractivity contribution >= 4 is 21.6 Å². The molecule has 0 saturated carbocycles. The molecule has 21 heavy (non-hydrogen) atoms. The number of carbonyl (C=O) groups is 1. The highest BCUT2D eigenvalue weighted by Gasteiger charge is 2.23. The monoisotopic (exact) mass is 311 g/mol. The van der Waals surface area contributed by atoms with Crippen molar-refractivity contribution < 1.29 is 13.2 Å². The van der Waals surface area contributed by atoms with Gasteiger partial charge in [0.05, 0.1) is 11.4 Å². The summed E-state index contributed by atoms with van der Waals surface area (Å²) in [7, 11) is -3.72. The lowest BCUT2D eigenvalue weighted by molar-refractivity contribution is -0.128. The third-order valence-electron chi connectivity index (χ3n) is 3.62. The Bertz CT molecular complexity index is 626. The van der Waals surface area contributed by atoms with Gasteiger partial charge in [-0.05, 0) is 49.9 Å². The molecule has 1 saturated heterocycles. The fourth-order valence-corrected chi connectivity index (χ4v) is 4.14. The van der Waals surface area contributed by atoms with E-state index >= 15 is 0 Å². The minimum atomic E-state index is -3.72. The van der Waals surface area contributed by atoms with E-state index < -0.39 is 10.0 Å². The zero-order valence-electron chi connectivity index (χ0n) is 12.3. The van der Waals surface area contributed by atoms with E-state index in [1.54, 1.807) is 30.9 Å². The highest BCUT2D eigenvalue weighted by Crippen LogP contribution is 2.22. The fourth-order valence-electron chi connectivity index (χ4n) is 2.71. The molecule has 116 valence electrons. The number of nitrogens with one attached hydrogen (secondary N) is 1. The third kappa shape index (κ3) is 3.54. The zero-order chi connectivity index (χ0) is 15.6. The van der Waals surface area contributed by atoms with Gasteiger partial charge in [0.2, 0.25) is 15.9 Å². The van der Waals surface area contributed by atoms with Crippen LogP contribution in [0.4, 0.5) is 5.69 Å². The van der Waals surface area contributed by atoms with Crippen molar-refractivity contribution in [1.82, 2.24) is 9.62 Å². The summed E-state index contributed by atoms with van der Waals surface area (Å²) in [5, 5.41) is 0. The van der Waals surface area contributed by atoms with Gasteiger partial charge in [-0.3, -0.25) is 4.79 Å². The molecule has 0 aromatic heterocycles. The van der Waals surface area contributed by atoms with Gasteiger partial charge in [0.25, 0.3) is 0 Å². The number of aryl methyl sites for hydroxylation is 2. The number of hydrogen-bond acceptors (Lipinski definition) is 4. The molecule has 0 bridgehead atoms. The second-order valence-electron chi connectivity index (χ2n) is 5.40. The van der Waals surface area contributed by atoms with E-state index in [2.05, 4.69) is 4.72 Å². The number of amides is 1. The standard InChI is InChI=1S/C14H21N3O3S/c1-10-7-12(15)8-11(2)14(10)21(19,20)16-9-13(18)17-5-3-4-6-17/h7-8,16H,3-6,9,15H2,1-2H3. The molecule has 1 aromatic rings. The summed E-state index contributed by atoms with van der Waals surface area (Å²) in [5.41, 5.74) is 7.38. The van der Waals surface area contributed by atoms with Crippen molar-refractivity contribution in [3.05, 3.63) is 23.3 Å². The summed E-state index contributed by atoms with van der Waals surface area (Å²) >= 11 is 0. The van der Waals surface area contributed by atoms with Gasteiger partial charge in [-0.15, -0.1) is 0 Å². The first kappa shape index (κ1) is 15.8. The zero-order valence-corrected chi connectivity index (χ0v) is 13.2. The summed E-state index contributed by atoms with van der Waals surface area (Å²) in [6.07, 6.45) is 1.96. The molecule has 1 aliphatic rings. The second kappa shape index (κ2) is 6.03. The minimum Gasteiger partial charge on any atom is -0.399 e. The summed E-state index contributed by atoms with van der Waals surface area (Å²) in [6, 6.07) is 3.23. The Labute approximate surface area is 125 Å². The van der Waals surface area contributed by atoms with Gasteiger partial charge in [-0.25, -0.2) is 13.1 Å². The lowest BCUT2D eigenvalue weighted by atomic mass is 10.1. The van der Waals surface area contributed by atoms with Crippen LogP contribution in [0, 0.1) is 13.8 Å². The molecule has 1 heterocycles. The van der Waals surface area contributed by atoms with Gasteiger partial charge in [0, 0.05) is 18.8 Å². The molecule has 7 heteroatoms. The largest absolute Gasteiger partial charge is 0.399 e. The van der Waals surface area contributed by atoms with Crippen LogP contribution in [0.25, 0.3) is 0 Å². The van der Waals surface area contributed by atoms with Gasteiger partial charge in [0.1, 0.15) is 0 Å².